The van der Waals surface area contributed by atoms with Gasteiger partial charge in [-0.3, -0.25) is 0 Å². The van der Waals surface area contributed by atoms with Gasteiger partial charge in [0.1, 0.15) is 6.10 Å². The lowest BCUT2D eigenvalue weighted by molar-refractivity contribution is -0.278. The number of ether oxygens (including phenoxy) is 4. The standard InChI is InChI=1S/C20H27F3O5/c1-13(2)17(14(3)12-16(25-4)26-5)28-18(24)19(27-6,20(21,22)23)15-10-8-7-9-11-15/h7-11,14,16-17H,1,12H2,2-6H3/t14-,17-,19-/m0/s1. The van der Waals surface area contributed by atoms with Crippen LogP contribution >= 0.6 is 0 Å². The Balaban J connectivity index is 3.26. The average Bonchev–Trinajstić information content (AvgIpc) is 2.64. The van der Waals surface area contributed by atoms with E-state index in [2.05, 4.69) is 6.58 Å². The van der Waals surface area contributed by atoms with Crippen molar-refractivity contribution in [3.8, 4) is 0 Å². The van der Waals surface area contributed by atoms with Crippen LogP contribution in [0.3, 0.4) is 0 Å². The molecule has 1 aromatic carbocycles. The normalized spacial score (nSPS) is 16.3. The van der Waals surface area contributed by atoms with Gasteiger partial charge < -0.3 is 18.9 Å². The second-order valence-corrected chi connectivity index (χ2v) is 6.54. The third kappa shape index (κ3) is 5.12. The summed E-state index contributed by atoms with van der Waals surface area (Å²) in [7, 11) is 3.71. The molecule has 0 saturated carbocycles. The molecular weight excluding hydrogens is 377 g/mol. The van der Waals surface area contributed by atoms with E-state index < -0.39 is 36.1 Å². The van der Waals surface area contributed by atoms with E-state index in [-0.39, 0.29) is 12.0 Å². The van der Waals surface area contributed by atoms with Crippen molar-refractivity contribution in [1.82, 2.24) is 0 Å². The molecular formula is C20H27F3O5. The highest BCUT2D eigenvalue weighted by Crippen LogP contribution is 2.43. The summed E-state index contributed by atoms with van der Waals surface area (Å²) in [5, 5.41) is 0. The van der Waals surface area contributed by atoms with E-state index in [1.165, 1.54) is 38.5 Å². The summed E-state index contributed by atoms with van der Waals surface area (Å²) in [6.07, 6.45) is -6.33. The Labute approximate surface area is 163 Å². The number of rotatable bonds is 10. The third-order valence-corrected chi connectivity index (χ3v) is 4.50. The van der Waals surface area contributed by atoms with Crippen LogP contribution in [-0.4, -0.2) is 45.9 Å². The molecule has 8 heteroatoms. The number of carbonyl (C=O) groups is 1. The minimum absolute atomic E-state index is 0.287. The lowest BCUT2D eigenvalue weighted by Gasteiger charge is -2.35. The van der Waals surface area contributed by atoms with E-state index in [9.17, 15) is 18.0 Å². The van der Waals surface area contributed by atoms with E-state index in [1.807, 2.05) is 0 Å². The van der Waals surface area contributed by atoms with Crippen molar-refractivity contribution >= 4 is 5.97 Å². The van der Waals surface area contributed by atoms with Crippen molar-refractivity contribution in [3.63, 3.8) is 0 Å². The van der Waals surface area contributed by atoms with E-state index in [1.54, 1.807) is 19.9 Å². The number of esters is 1. The van der Waals surface area contributed by atoms with Crippen LogP contribution in [-0.2, 0) is 29.3 Å². The number of hydrogen-bond acceptors (Lipinski definition) is 5. The Morgan fingerprint density at radius 1 is 1.11 bits per heavy atom. The predicted molar refractivity (Wildman–Crippen MR) is 97.5 cm³/mol. The second-order valence-electron chi connectivity index (χ2n) is 6.54. The van der Waals surface area contributed by atoms with Crippen LogP contribution in [0.15, 0.2) is 42.5 Å². The third-order valence-electron chi connectivity index (χ3n) is 4.50. The van der Waals surface area contributed by atoms with E-state index >= 15 is 0 Å². The van der Waals surface area contributed by atoms with Crippen molar-refractivity contribution in [2.24, 2.45) is 5.92 Å². The molecule has 1 aromatic rings. The number of halogens is 3. The molecule has 0 heterocycles. The van der Waals surface area contributed by atoms with Crippen molar-refractivity contribution < 1.29 is 36.9 Å². The molecule has 0 N–H and O–H groups in total. The molecule has 0 saturated heterocycles. The van der Waals surface area contributed by atoms with Crippen molar-refractivity contribution in [2.45, 2.75) is 44.4 Å². The number of methoxy groups -OCH3 is 3. The van der Waals surface area contributed by atoms with Crippen LogP contribution in [0, 0.1) is 5.92 Å². The van der Waals surface area contributed by atoms with Crippen molar-refractivity contribution in [2.75, 3.05) is 21.3 Å². The van der Waals surface area contributed by atoms with Crippen molar-refractivity contribution in [3.05, 3.63) is 48.0 Å². The van der Waals surface area contributed by atoms with Gasteiger partial charge in [0, 0.05) is 39.2 Å². The Morgan fingerprint density at radius 3 is 2.04 bits per heavy atom. The molecule has 3 atom stereocenters. The molecule has 0 aliphatic rings. The van der Waals surface area contributed by atoms with Crippen LogP contribution in [0.4, 0.5) is 13.2 Å². The highest BCUT2D eigenvalue weighted by Gasteiger charge is 2.64. The Bertz CT molecular complexity index is 643. The van der Waals surface area contributed by atoms with Crippen LogP contribution < -0.4 is 0 Å². The molecule has 0 aliphatic carbocycles. The smallest absolute Gasteiger partial charge is 0.432 e. The molecule has 0 fully saturated rings. The molecule has 5 nitrogen and oxygen atoms in total. The van der Waals surface area contributed by atoms with Gasteiger partial charge in [-0.05, 0) is 12.5 Å². The van der Waals surface area contributed by atoms with Gasteiger partial charge in [-0.25, -0.2) is 4.79 Å². The maximum Gasteiger partial charge on any atom is 0.432 e. The minimum atomic E-state index is -5.04. The molecule has 158 valence electrons. The highest BCUT2D eigenvalue weighted by atomic mass is 19.4. The monoisotopic (exact) mass is 404 g/mol. The van der Waals surface area contributed by atoms with Gasteiger partial charge >= 0.3 is 12.1 Å². The van der Waals surface area contributed by atoms with Crippen LogP contribution in [0.2, 0.25) is 0 Å². The average molecular weight is 404 g/mol. The first-order chi connectivity index (χ1) is 13.0. The highest BCUT2D eigenvalue weighted by molar-refractivity contribution is 5.83. The fraction of sp³-hybridized carbons (Fsp3) is 0.550. The van der Waals surface area contributed by atoms with E-state index in [0.29, 0.717) is 5.57 Å². The molecule has 28 heavy (non-hydrogen) atoms. The molecule has 0 bridgehead atoms. The zero-order valence-corrected chi connectivity index (χ0v) is 16.7. The SMILES string of the molecule is C=C(C)[C@H](OC(=O)[C@@](OC)(c1ccccc1)C(F)(F)F)[C@@H](C)CC(OC)OC. The summed E-state index contributed by atoms with van der Waals surface area (Å²) in [6, 6.07) is 6.66. The fourth-order valence-electron chi connectivity index (χ4n) is 3.00. The summed E-state index contributed by atoms with van der Waals surface area (Å²) in [5.41, 5.74) is -3.22. The largest absolute Gasteiger partial charge is 0.455 e. The molecule has 0 amide bonds. The molecule has 1 rings (SSSR count). The molecule has 0 radical (unpaired) electrons. The van der Waals surface area contributed by atoms with Crippen LogP contribution in [0.1, 0.15) is 25.8 Å². The zero-order chi connectivity index (χ0) is 21.5. The Morgan fingerprint density at radius 2 is 1.64 bits per heavy atom. The summed E-state index contributed by atoms with van der Waals surface area (Å²) in [4.78, 5) is 12.8. The fourth-order valence-corrected chi connectivity index (χ4v) is 3.00. The van der Waals surface area contributed by atoms with Crippen LogP contribution in [0.25, 0.3) is 0 Å². The molecule has 0 aliphatic heterocycles. The van der Waals surface area contributed by atoms with E-state index in [4.69, 9.17) is 18.9 Å². The number of hydrogen-bond donors (Lipinski definition) is 0. The van der Waals surface area contributed by atoms with Gasteiger partial charge in [-0.2, -0.15) is 13.2 Å². The van der Waals surface area contributed by atoms with Crippen LogP contribution in [0.5, 0.6) is 0 Å². The lowest BCUT2D eigenvalue weighted by Crippen LogP contribution is -2.53. The first-order valence-corrected chi connectivity index (χ1v) is 8.64. The first-order valence-electron chi connectivity index (χ1n) is 8.64. The zero-order valence-electron chi connectivity index (χ0n) is 16.7. The molecule has 0 spiro atoms. The Hall–Kier alpha value is -1.90. The van der Waals surface area contributed by atoms with Gasteiger partial charge in [0.25, 0.3) is 5.60 Å². The summed E-state index contributed by atoms with van der Waals surface area (Å²) >= 11 is 0. The van der Waals surface area contributed by atoms with Gasteiger partial charge in [0.15, 0.2) is 6.29 Å². The van der Waals surface area contributed by atoms with Crippen molar-refractivity contribution in [1.29, 1.82) is 0 Å². The lowest BCUT2D eigenvalue weighted by atomic mass is 9.91. The maximum atomic E-state index is 14.0. The van der Waals surface area contributed by atoms with Gasteiger partial charge in [0.05, 0.1) is 0 Å². The number of alkyl halides is 3. The number of carbonyl (C=O) groups excluding carboxylic acids is 1. The van der Waals surface area contributed by atoms with Gasteiger partial charge in [0.2, 0.25) is 0 Å². The summed E-state index contributed by atoms with van der Waals surface area (Å²) < 4.78 is 62.3. The number of benzene rings is 1. The predicted octanol–water partition coefficient (Wildman–Crippen LogP) is 4.22. The van der Waals surface area contributed by atoms with E-state index in [0.717, 1.165) is 7.11 Å². The summed E-state index contributed by atoms with van der Waals surface area (Å²) in [5.74, 6) is -1.97. The summed E-state index contributed by atoms with van der Waals surface area (Å²) in [6.45, 7) is 7.04. The first kappa shape index (κ1) is 24.1. The Kier molecular flexibility index (Phi) is 8.66. The maximum absolute atomic E-state index is 14.0. The topological polar surface area (TPSA) is 54.0 Å². The molecule has 0 unspecified atom stereocenters. The van der Waals surface area contributed by atoms with Gasteiger partial charge in [-0.15, -0.1) is 0 Å². The minimum Gasteiger partial charge on any atom is -0.455 e. The van der Waals surface area contributed by atoms with Gasteiger partial charge in [-0.1, -0.05) is 43.8 Å². The second kappa shape index (κ2) is 10.0. The quantitative estimate of drug-likeness (QED) is 0.332. The molecule has 0 aromatic heterocycles.